The summed E-state index contributed by atoms with van der Waals surface area (Å²) in [5.41, 5.74) is 0. The molecule has 0 unspecified atom stereocenters. The average molecular weight is 449 g/mol. The summed E-state index contributed by atoms with van der Waals surface area (Å²) in [6, 6.07) is 0. The van der Waals surface area contributed by atoms with Gasteiger partial charge in [-0.15, -0.1) is 6.54 Å². The van der Waals surface area contributed by atoms with Crippen LogP contribution >= 0.6 is 0 Å². The molecule has 0 spiro atoms. The molecule has 3 nitrogen and oxygen atoms in total. The van der Waals surface area contributed by atoms with Gasteiger partial charge in [-0.3, -0.25) is 0 Å². The van der Waals surface area contributed by atoms with Crippen LogP contribution in [0.15, 0.2) is 0 Å². The maximum atomic E-state index is 4.96. The molecule has 0 bridgehead atoms. The molecule has 0 fully saturated rings. The molecular weight excluding hydrogens is 401 g/mol. The van der Waals surface area contributed by atoms with Gasteiger partial charge in [0.1, 0.15) is 0 Å². The largest absolute Gasteiger partial charge is 3.00 e. The Morgan fingerprint density at radius 1 is 0.760 bits per heavy atom. The Kier molecular flexibility index (Phi) is 15.4. The molecule has 0 N–H and O–H groups in total. The van der Waals surface area contributed by atoms with Crippen LogP contribution in [0.4, 0.5) is 0 Å². The van der Waals surface area contributed by atoms with Gasteiger partial charge >= 0.3 is 16.8 Å². The van der Waals surface area contributed by atoms with Crippen LogP contribution in [0.1, 0.15) is 34.6 Å². The quantitative estimate of drug-likeness (QED) is 0.379. The SMILES string of the molecule is CCN(CC)CC[N-][Si](C)(C)C(C)(C)C.C[Si](C)(C)[N-][Si](C)(C)C.[Co+3]. The topological polar surface area (TPSA) is 31.4 Å². The smallest absolute Gasteiger partial charge is 0.668 e. The van der Waals surface area contributed by atoms with Crippen LogP contribution in [0.5, 0.6) is 0 Å². The monoisotopic (exact) mass is 448 g/mol. The summed E-state index contributed by atoms with van der Waals surface area (Å²) in [6.45, 7) is 34.3. The number of nitrogens with zero attached hydrogens (tertiary/aromatic N) is 3. The molecule has 0 atom stereocenters. The van der Waals surface area contributed by atoms with Crippen LogP contribution in [0, 0.1) is 0 Å². The maximum Gasteiger partial charge on any atom is 3.00 e. The van der Waals surface area contributed by atoms with E-state index in [1.54, 1.807) is 0 Å². The number of rotatable bonds is 8. The van der Waals surface area contributed by atoms with E-state index in [0.717, 1.165) is 26.2 Å². The third-order valence-corrected chi connectivity index (χ3v) is 14.4. The fourth-order valence-electron chi connectivity index (χ4n) is 2.25. The Labute approximate surface area is 174 Å². The Hall–Kier alpha value is 1.04. The van der Waals surface area contributed by atoms with E-state index >= 15 is 0 Å². The average Bonchev–Trinajstić information content (AvgIpc) is 2.29. The van der Waals surface area contributed by atoms with Crippen molar-refractivity contribution in [3.05, 3.63) is 9.63 Å². The van der Waals surface area contributed by atoms with Crippen molar-refractivity contribution in [1.82, 2.24) is 4.90 Å². The molecule has 0 heterocycles. The third kappa shape index (κ3) is 18.2. The van der Waals surface area contributed by atoms with Crippen LogP contribution in [0.2, 0.25) is 57.4 Å². The zero-order chi connectivity index (χ0) is 19.8. The molecule has 0 aliphatic heterocycles. The second-order valence-electron chi connectivity index (χ2n) is 10.2. The first-order valence-corrected chi connectivity index (χ1v) is 19.4. The van der Waals surface area contributed by atoms with Crippen molar-refractivity contribution in [2.45, 2.75) is 92.0 Å². The van der Waals surface area contributed by atoms with E-state index in [-0.39, 0.29) is 16.8 Å². The minimum absolute atomic E-state index is 0. The van der Waals surface area contributed by atoms with Crippen LogP contribution < -0.4 is 0 Å². The molecule has 7 heteroatoms. The van der Waals surface area contributed by atoms with E-state index in [9.17, 15) is 0 Å². The van der Waals surface area contributed by atoms with Crippen LogP contribution in [-0.2, 0) is 16.8 Å². The van der Waals surface area contributed by atoms with Gasteiger partial charge in [0.15, 0.2) is 0 Å². The summed E-state index contributed by atoms with van der Waals surface area (Å²) in [4.78, 5) is 7.40. The van der Waals surface area contributed by atoms with Crippen molar-refractivity contribution in [3.8, 4) is 0 Å². The minimum Gasteiger partial charge on any atom is -0.668 e. The summed E-state index contributed by atoms with van der Waals surface area (Å²) in [5, 5.41) is 0.385. The molecule has 0 saturated heterocycles. The van der Waals surface area contributed by atoms with Crippen molar-refractivity contribution in [2.24, 2.45) is 0 Å². The van der Waals surface area contributed by atoms with E-state index in [0.29, 0.717) is 5.04 Å². The van der Waals surface area contributed by atoms with Gasteiger partial charge in [0.25, 0.3) is 0 Å². The van der Waals surface area contributed by atoms with Gasteiger partial charge in [-0.25, -0.2) is 0 Å². The Morgan fingerprint density at radius 2 is 1.12 bits per heavy atom. The first-order valence-electron chi connectivity index (χ1n) is 9.60. The number of likely N-dealkylation sites (N-methyl/N-ethyl adjacent to an activating group) is 1. The van der Waals surface area contributed by atoms with Gasteiger partial charge in [-0.2, -0.15) is 0 Å². The summed E-state index contributed by atoms with van der Waals surface area (Å²) >= 11 is 0. The van der Waals surface area contributed by atoms with E-state index < -0.39 is 24.7 Å². The summed E-state index contributed by atoms with van der Waals surface area (Å²) in [7, 11) is -3.61. The predicted molar refractivity (Wildman–Crippen MR) is 123 cm³/mol. The number of hydrogen-bond acceptors (Lipinski definition) is 1. The zero-order valence-electron chi connectivity index (χ0n) is 19.5. The molecule has 0 aromatic rings. The molecule has 0 aliphatic carbocycles. The van der Waals surface area contributed by atoms with Gasteiger partial charge in [-0.05, 0) is 19.6 Å². The Bertz CT molecular complexity index is 316. The van der Waals surface area contributed by atoms with Gasteiger partial charge in [0.05, 0.1) is 0 Å². The van der Waals surface area contributed by atoms with Crippen LogP contribution in [0.25, 0.3) is 9.63 Å². The second kappa shape index (κ2) is 12.5. The summed E-state index contributed by atoms with van der Waals surface area (Å²) in [6.07, 6.45) is 0. The summed E-state index contributed by atoms with van der Waals surface area (Å²) in [5.74, 6) is 0. The predicted octanol–water partition coefficient (Wildman–Crippen LogP) is 6.73. The Morgan fingerprint density at radius 3 is 1.32 bits per heavy atom. The molecule has 0 saturated carbocycles. The zero-order valence-corrected chi connectivity index (χ0v) is 23.5. The molecule has 0 radical (unpaired) electrons. The minimum atomic E-state index is -1.40. The van der Waals surface area contributed by atoms with Gasteiger partial charge in [-0.1, -0.05) is 117 Å². The third-order valence-electron chi connectivity index (χ3n) is 4.32. The van der Waals surface area contributed by atoms with E-state index in [2.05, 4.69) is 91.9 Å². The first-order chi connectivity index (χ1) is 10.4. The van der Waals surface area contributed by atoms with E-state index in [1.807, 2.05) is 0 Å². The van der Waals surface area contributed by atoms with Gasteiger partial charge in [0.2, 0.25) is 0 Å². The molecule has 25 heavy (non-hydrogen) atoms. The van der Waals surface area contributed by atoms with Crippen molar-refractivity contribution in [1.29, 1.82) is 0 Å². The van der Waals surface area contributed by atoms with Gasteiger partial charge < -0.3 is 14.5 Å². The fraction of sp³-hybridized carbons (Fsp3) is 1.00. The second-order valence-corrected chi connectivity index (χ2v) is 24.7. The summed E-state index contributed by atoms with van der Waals surface area (Å²) < 4.78 is 4.82. The molecule has 0 rings (SSSR count). The molecule has 0 aromatic carbocycles. The molecule has 0 amide bonds. The molecule has 154 valence electrons. The van der Waals surface area contributed by atoms with Crippen molar-refractivity contribution in [3.63, 3.8) is 0 Å². The van der Waals surface area contributed by atoms with E-state index in [4.69, 9.17) is 9.63 Å². The van der Waals surface area contributed by atoms with Crippen LogP contribution in [-0.4, -0.2) is 55.8 Å². The molecule has 0 aromatic heterocycles. The maximum absolute atomic E-state index is 4.96. The van der Waals surface area contributed by atoms with Crippen molar-refractivity contribution < 1.29 is 16.8 Å². The van der Waals surface area contributed by atoms with Crippen molar-refractivity contribution >= 4 is 24.7 Å². The Balaban J connectivity index is -0.000000418. The standard InChI is InChI=1S/C12H29N2Si.C6H18NSi2.Co/c1-8-14(9-2)11-10-13-15(6,7)12(3,4)5;1-8(2,3)7-9(4,5)6;/h8-11H2,1-7H3;1-6H3;/q2*-1;+3. The van der Waals surface area contributed by atoms with Gasteiger partial charge in [0, 0.05) is 0 Å². The fourth-order valence-corrected chi connectivity index (χ4v) is 11.4. The van der Waals surface area contributed by atoms with Crippen LogP contribution in [0.3, 0.4) is 0 Å². The molecule has 0 aliphatic rings. The normalized spacial score (nSPS) is 13.2. The van der Waals surface area contributed by atoms with Crippen molar-refractivity contribution in [2.75, 3.05) is 26.2 Å². The molecular formula is C18H47CoN3Si3+. The van der Waals surface area contributed by atoms with E-state index in [1.165, 1.54) is 0 Å². The number of hydrogen-bond donors (Lipinski definition) is 0. The first kappa shape index (κ1) is 30.8.